The van der Waals surface area contributed by atoms with Gasteiger partial charge in [-0.3, -0.25) is 4.79 Å². The van der Waals surface area contributed by atoms with Crippen molar-refractivity contribution in [3.8, 4) is 5.75 Å². The number of benzene rings is 1. The Labute approximate surface area is 164 Å². The molecule has 0 unspecified atom stereocenters. The fraction of sp³-hybridized carbons (Fsp3) is 0.600. The molecule has 2 rings (SSSR count). The highest BCUT2D eigenvalue weighted by atomic mass is 19.3. The van der Waals surface area contributed by atoms with Crippen LogP contribution >= 0.6 is 0 Å². The fourth-order valence-corrected chi connectivity index (χ4v) is 3.04. The molecule has 1 N–H and O–H groups in total. The summed E-state index contributed by atoms with van der Waals surface area (Å²) >= 11 is 0. The number of fused-ring (bicyclic) bond motifs is 1. The Morgan fingerprint density at radius 3 is 2.75 bits per heavy atom. The molecule has 8 heteroatoms. The van der Waals surface area contributed by atoms with Gasteiger partial charge in [0.05, 0.1) is 6.61 Å². The minimum Gasteiger partial charge on any atom is -0.535 e. The predicted molar refractivity (Wildman–Crippen MR) is 102 cm³/mol. The van der Waals surface area contributed by atoms with Crippen molar-refractivity contribution in [3.05, 3.63) is 29.3 Å². The number of hydrogen-bond acceptors (Lipinski definition) is 5. The third-order valence-electron chi connectivity index (χ3n) is 4.70. The van der Waals surface area contributed by atoms with Crippen LogP contribution in [0.5, 0.6) is 5.75 Å². The second-order valence-corrected chi connectivity index (χ2v) is 7.90. The largest absolute Gasteiger partial charge is 0.535 e. The second kappa shape index (κ2) is 9.50. The van der Waals surface area contributed by atoms with Crippen LogP contribution in [0.2, 0.25) is 5.82 Å². The molecule has 5 nitrogen and oxygen atoms in total. The summed E-state index contributed by atoms with van der Waals surface area (Å²) in [4.78, 5) is 24.3. The van der Waals surface area contributed by atoms with E-state index in [9.17, 15) is 23.4 Å². The molecule has 154 valence electrons. The Morgan fingerprint density at radius 1 is 1.39 bits per heavy atom. The molecule has 0 aliphatic carbocycles. The monoisotopic (exact) mass is 396 g/mol. The van der Waals surface area contributed by atoms with E-state index in [1.54, 1.807) is 18.2 Å². The number of ether oxygens (including phenoxy) is 1. The highest BCUT2D eigenvalue weighted by molar-refractivity contribution is 6.47. The van der Waals surface area contributed by atoms with Crippen LogP contribution in [0.3, 0.4) is 0 Å². The quantitative estimate of drug-likeness (QED) is 0.503. The van der Waals surface area contributed by atoms with Crippen LogP contribution in [-0.4, -0.2) is 36.4 Å². The van der Waals surface area contributed by atoms with Gasteiger partial charge in [0.15, 0.2) is 0 Å². The van der Waals surface area contributed by atoms with Gasteiger partial charge in [-0.05, 0) is 37.3 Å². The number of rotatable bonds is 9. The lowest BCUT2D eigenvalue weighted by Gasteiger charge is -2.28. The summed E-state index contributed by atoms with van der Waals surface area (Å²) in [6.07, 6.45) is 0.239. The maximum atomic E-state index is 12.9. The summed E-state index contributed by atoms with van der Waals surface area (Å²) in [5, 5.41) is 10.3. The van der Waals surface area contributed by atoms with Gasteiger partial charge in [0.1, 0.15) is 17.1 Å². The van der Waals surface area contributed by atoms with E-state index in [1.807, 2.05) is 13.8 Å². The van der Waals surface area contributed by atoms with Crippen molar-refractivity contribution in [1.82, 2.24) is 0 Å². The van der Waals surface area contributed by atoms with E-state index in [4.69, 9.17) is 9.39 Å². The lowest BCUT2D eigenvalue weighted by molar-refractivity contribution is -0.121. The van der Waals surface area contributed by atoms with Crippen molar-refractivity contribution in [2.24, 2.45) is 5.92 Å². The van der Waals surface area contributed by atoms with E-state index in [0.717, 1.165) is 13.3 Å². The van der Waals surface area contributed by atoms with Gasteiger partial charge in [0, 0.05) is 25.1 Å². The highest BCUT2D eigenvalue weighted by Crippen LogP contribution is 2.37. The van der Waals surface area contributed by atoms with Crippen LogP contribution in [0.1, 0.15) is 62.4 Å². The molecule has 0 aromatic heterocycles. The van der Waals surface area contributed by atoms with Crippen LogP contribution < -0.4 is 4.65 Å². The number of para-hydroxylation sites is 1. The van der Waals surface area contributed by atoms with Crippen LogP contribution in [0.4, 0.5) is 8.78 Å². The highest BCUT2D eigenvalue weighted by Gasteiger charge is 2.38. The molecule has 0 saturated carbocycles. The van der Waals surface area contributed by atoms with E-state index in [0.29, 0.717) is 24.5 Å². The number of alkyl halides is 2. The van der Waals surface area contributed by atoms with Crippen LogP contribution in [0.15, 0.2) is 18.2 Å². The molecular formula is C20H27BF2O5. The van der Waals surface area contributed by atoms with Gasteiger partial charge in [-0.1, -0.05) is 26.0 Å². The van der Waals surface area contributed by atoms with Crippen molar-refractivity contribution in [2.75, 3.05) is 6.61 Å². The number of ketones is 1. The van der Waals surface area contributed by atoms with E-state index in [-0.39, 0.29) is 29.9 Å². The Kier molecular flexibility index (Phi) is 7.58. The minimum absolute atomic E-state index is 0.0558. The molecule has 1 aromatic carbocycles. The van der Waals surface area contributed by atoms with E-state index < -0.39 is 31.2 Å². The van der Waals surface area contributed by atoms with Crippen molar-refractivity contribution in [1.29, 1.82) is 0 Å². The minimum atomic E-state index is -2.89. The van der Waals surface area contributed by atoms with Gasteiger partial charge in [-0.15, -0.1) is 0 Å². The zero-order valence-corrected chi connectivity index (χ0v) is 16.5. The number of Topliss-reactive ketones (excluding diaryl/α,β-unsaturated/α-hetero) is 1. The molecule has 0 amide bonds. The van der Waals surface area contributed by atoms with Crippen molar-refractivity contribution in [2.45, 2.75) is 64.6 Å². The Morgan fingerprint density at radius 2 is 2.11 bits per heavy atom. The zero-order valence-electron chi connectivity index (χ0n) is 16.5. The summed E-state index contributed by atoms with van der Waals surface area (Å²) in [6, 6.07) is 5.01. The van der Waals surface area contributed by atoms with Gasteiger partial charge < -0.3 is 14.4 Å². The molecule has 0 spiro atoms. The Balaban J connectivity index is 2.02. The summed E-state index contributed by atoms with van der Waals surface area (Å²) in [7, 11) is -1.29. The zero-order chi connectivity index (χ0) is 20.9. The molecule has 1 heterocycles. The van der Waals surface area contributed by atoms with E-state index in [2.05, 4.69) is 0 Å². The Bertz CT molecular complexity index is 702. The van der Waals surface area contributed by atoms with Crippen LogP contribution in [0.25, 0.3) is 0 Å². The fourth-order valence-electron chi connectivity index (χ4n) is 3.04. The topological polar surface area (TPSA) is 72.8 Å². The summed E-state index contributed by atoms with van der Waals surface area (Å²) < 4.78 is 36.6. The predicted octanol–water partition coefficient (Wildman–Crippen LogP) is 4.07. The second-order valence-electron chi connectivity index (χ2n) is 7.90. The number of esters is 1. The van der Waals surface area contributed by atoms with E-state index >= 15 is 0 Å². The maximum absolute atomic E-state index is 12.9. The molecule has 0 fully saturated rings. The number of hydrogen-bond donors (Lipinski definition) is 1. The maximum Gasteiger partial charge on any atom is 0.526 e. The third-order valence-corrected chi connectivity index (χ3v) is 4.70. The average Bonchev–Trinajstić information content (AvgIpc) is 2.59. The van der Waals surface area contributed by atoms with Gasteiger partial charge in [0.25, 0.3) is 0 Å². The first-order chi connectivity index (χ1) is 13.1. The molecular weight excluding hydrogens is 369 g/mol. The molecule has 1 aromatic rings. The summed E-state index contributed by atoms with van der Waals surface area (Å²) in [6.45, 7) is 5.13. The number of carbonyl (C=O) groups is 2. The lowest BCUT2D eigenvalue weighted by atomic mass is 9.64. The molecule has 28 heavy (non-hydrogen) atoms. The molecule has 1 aliphatic heterocycles. The first kappa shape index (κ1) is 22.3. The van der Waals surface area contributed by atoms with Crippen molar-refractivity contribution >= 4 is 18.9 Å². The van der Waals surface area contributed by atoms with E-state index in [1.165, 1.54) is 0 Å². The molecule has 0 bridgehead atoms. The third kappa shape index (κ3) is 6.58. The molecule has 1 aliphatic rings. The van der Waals surface area contributed by atoms with Crippen molar-refractivity contribution in [3.63, 3.8) is 0 Å². The molecule has 0 saturated heterocycles. The smallest absolute Gasteiger partial charge is 0.526 e. The summed E-state index contributed by atoms with van der Waals surface area (Å²) in [5.41, 5.74) is 0.915. The average molecular weight is 396 g/mol. The number of halogens is 2. The van der Waals surface area contributed by atoms with Gasteiger partial charge in [-0.25, -0.2) is 13.6 Å². The van der Waals surface area contributed by atoms with Gasteiger partial charge in [-0.2, -0.15) is 0 Å². The van der Waals surface area contributed by atoms with Crippen LogP contribution in [-0.2, 0) is 16.0 Å². The first-order valence-electron chi connectivity index (χ1n) is 9.60. The lowest BCUT2D eigenvalue weighted by Crippen LogP contribution is -2.36. The summed E-state index contributed by atoms with van der Waals surface area (Å²) in [5.74, 6) is -3.65. The Hall–Kier alpha value is -1.96. The van der Waals surface area contributed by atoms with Crippen molar-refractivity contribution < 1.29 is 32.8 Å². The normalized spacial score (nSPS) is 16.5. The molecule has 1 atom stereocenters. The SMILES string of the molecule is CC(C)CCOC(=O)c1cccc2c1OB(O)[C@@H](CC(=O)CCC(C)(F)F)C2. The van der Waals surface area contributed by atoms with Gasteiger partial charge in [0.2, 0.25) is 5.92 Å². The van der Waals surface area contributed by atoms with Crippen LogP contribution in [0, 0.1) is 5.92 Å². The first-order valence-corrected chi connectivity index (χ1v) is 9.60. The molecule has 0 radical (unpaired) electrons. The number of carbonyl (C=O) groups excluding carboxylic acids is 2. The van der Waals surface area contributed by atoms with Gasteiger partial charge >= 0.3 is 13.1 Å². The standard InChI is InChI=1S/C20H27BF2O5/c1-13(2)8-10-27-19(25)17-6-4-5-14-11-15(21(26)28-18(14)17)12-16(24)7-9-20(3,22)23/h4-6,13,15,26H,7-12H2,1-3H3/t15-/m1/s1.